The molecule has 1 amide bonds. The van der Waals surface area contributed by atoms with Crippen LogP contribution in [-0.4, -0.2) is 48.5 Å². The zero-order valence-corrected chi connectivity index (χ0v) is 14.7. The van der Waals surface area contributed by atoms with E-state index in [-0.39, 0.29) is 23.7 Å². The van der Waals surface area contributed by atoms with E-state index >= 15 is 0 Å². The first-order chi connectivity index (χ1) is 11.1. The van der Waals surface area contributed by atoms with Crippen molar-refractivity contribution in [2.45, 2.75) is 19.9 Å². The van der Waals surface area contributed by atoms with E-state index in [0.29, 0.717) is 0 Å². The van der Waals surface area contributed by atoms with Crippen molar-refractivity contribution in [1.82, 2.24) is 9.62 Å². The number of nitrogens with zero attached hydrogens (tertiary/aromatic N) is 1. The number of hydrogen-bond donors (Lipinski definition) is 2. The van der Waals surface area contributed by atoms with Gasteiger partial charge in [-0.1, -0.05) is 31.5 Å². The minimum Gasteiger partial charge on any atom is -0.479 e. The summed E-state index contributed by atoms with van der Waals surface area (Å²) in [5.74, 6) is -4.19. The first-order valence-corrected chi connectivity index (χ1v) is 9.06. The second kappa shape index (κ2) is 8.41. The summed E-state index contributed by atoms with van der Waals surface area (Å²) in [6.45, 7) is 3.62. The quantitative estimate of drug-likeness (QED) is 0.709. The number of carbonyl (C=O) groups excluding carboxylic acids is 1. The fourth-order valence-electron chi connectivity index (χ4n) is 2.06. The van der Waals surface area contributed by atoms with Crippen LogP contribution in [0.1, 0.15) is 25.5 Å². The number of sulfonamides is 1. The fraction of sp³-hybridized carbons (Fsp3) is 0.429. The van der Waals surface area contributed by atoms with Crippen molar-refractivity contribution in [2.24, 2.45) is 0 Å². The Morgan fingerprint density at radius 3 is 2.38 bits per heavy atom. The summed E-state index contributed by atoms with van der Waals surface area (Å²) in [4.78, 5) is 23.2. The number of amides is 1. The van der Waals surface area contributed by atoms with Gasteiger partial charge in [0.15, 0.2) is 6.04 Å². The molecule has 1 aromatic carbocycles. The molecule has 0 aliphatic carbocycles. The minimum absolute atomic E-state index is 0.0574. The number of halogens is 2. The molecule has 0 saturated carbocycles. The van der Waals surface area contributed by atoms with Crippen LogP contribution < -0.4 is 5.32 Å². The second-order valence-corrected chi connectivity index (χ2v) is 7.23. The van der Waals surface area contributed by atoms with Gasteiger partial charge in [-0.15, -0.1) is 0 Å². The molecule has 2 N–H and O–H groups in total. The molecular weight excluding hydrogens is 363 g/mol. The van der Waals surface area contributed by atoms with Gasteiger partial charge in [0, 0.05) is 13.1 Å². The molecule has 1 aromatic rings. The van der Waals surface area contributed by atoms with E-state index in [1.54, 1.807) is 13.8 Å². The normalized spacial score (nSPS) is 12.9. The molecule has 1 rings (SSSR count). The zero-order chi connectivity index (χ0) is 18.5. The number of carboxylic acids is 1. The van der Waals surface area contributed by atoms with E-state index in [0.717, 1.165) is 16.4 Å². The van der Waals surface area contributed by atoms with Crippen LogP contribution in [0, 0.1) is 5.82 Å². The number of nitrogens with one attached hydrogen (secondary N) is 1. The van der Waals surface area contributed by atoms with Crippen molar-refractivity contribution in [3.8, 4) is 0 Å². The van der Waals surface area contributed by atoms with Gasteiger partial charge in [-0.05, 0) is 17.7 Å². The Morgan fingerprint density at radius 1 is 1.33 bits per heavy atom. The smallest absolute Gasteiger partial charge is 0.330 e. The third kappa shape index (κ3) is 5.15. The number of aliphatic carboxylic acids is 1. The van der Waals surface area contributed by atoms with Gasteiger partial charge in [0.25, 0.3) is 0 Å². The first kappa shape index (κ1) is 20.3. The maximum absolute atomic E-state index is 13.5. The largest absolute Gasteiger partial charge is 0.479 e. The Labute approximate surface area is 144 Å². The van der Waals surface area contributed by atoms with Crippen molar-refractivity contribution in [1.29, 1.82) is 0 Å². The van der Waals surface area contributed by atoms with E-state index in [2.05, 4.69) is 5.32 Å². The van der Waals surface area contributed by atoms with Gasteiger partial charge in [-0.2, -0.15) is 0 Å². The molecule has 10 heteroatoms. The van der Waals surface area contributed by atoms with Crippen LogP contribution in [0.4, 0.5) is 4.39 Å². The first-order valence-electron chi connectivity index (χ1n) is 7.07. The fourth-order valence-corrected chi connectivity index (χ4v) is 3.56. The van der Waals surface area contributed by atoms with E-state index in [9.17, 15) is 27.5 Å². The average Bonchev–Trinajstić information content (AvgIpc) is 2.48. The summed E-state index contributed by atoms with van der Waals surface area (Å²) in [5, 5.41) is 11.1. The number of rotatable bonds is 8. The SMILES string of the molecule is CCN(CC)S(=O)(=O)CC(=O)NC(C(=O)O)c1ccc(Cl)c(F)c1. The summed E-state index contributed by atoms with van der Waals surface area (Å²) in [6, 6.07) is 1.68. The standard InChI is InChI=1S/C14H18ClFN2O5S/c1-3-18(4-2)24(22,23)8-12(19)17-13(14(20)21)9-5-6-10(15)11(16)7-9/h5-7,13H,3-4,8H2,1-2H3,(H,17,19)(H,20,21). The monoisotopic (exact) mass is 380 g/mol. The molecular formula is C14H18ClFN2O5S. The van der Waals surface area contributed by atoms with Crippen LogP contribution in [0.2, 0.25) is 5.02 Å². The van der Waals surface area contributed by atoms with Crippen LogP contribution in [0.3, 0.4) is 0 Å². The molecule has 134 valence electrons. The summed E-state index contributed by atoms with van der Waals surface area (Å²) in [6.07, 6.45) is 0. The van der Waals surface area contributed by atoms with Crippen LogP contribution in [0.25, 0.3) is 0 Å². The molecule has 0 aromatic heterocycles. The molecule has 0 bridgehead atoms. The highest BCUT2D eigenvalue weighted by molar-refractivity contribution is 7.89. The third-order valence-electron chi connectivity index (χ3n) is 3.24. The average molecular weight is 381 g/mol. The highest BCUT2D eigenvalue weighted by Gasteiger charge is 2.27. The van der Waals surface area contributed by atoms with Gasteiger partial charge in [-0.25, -0.2) is 21.9 Å². The summed E-state index contributed by atoms with van der Waals surface area (Å²) in [7, 11) is -3.86. The molecule has 0 aliphatic heterocycles. The summed E-state index contributed by atoms with van der Waals surface area (Å²) in [5.41, 5.74) is -0.0574. The lowest BCUT2D eigenvalue weighted by Crippen LogP contribution is -2.42. The molecule has 1 atom stereocenters. The predicted octanol–water partition coefficient (Wildman–Crippen LogP) is 1.39. The minimum atomic E-state index is -3.86. The van der Waals surface area contributed by atoms with Gasteiger partial charge in [0.2, 0.25) is 15.9 Å². The van der Waals surface area contributed by atoms with Crippen molar-refractivity contribution >= 4 is 33.5 Å². The van der Waals surface area contributed by atoms with Gasteiger partial charge in [0.1, 0.15) is 11.6 Å². The maximum Gasteiger partial charge on any atom is 0.330 e. The topological polar surface area (TPSA) is 104 Å². The lowest BCUT2D eigenvalue weighted by atomic mass is 10.1. The maximum atomic E-state index is 13.5. The zero-order valence-electron chi connectivity index (χ0n) is 13.1. The van der Waals surface area contributed by atoms with Crippen LogP contribution in [0.5, 0.6) is 0 Å². The Hall–Kier alpha value is -1.71. The lowest BCUT2D eigenvalue weighted by molar-refractivity contribution is -0.141. The highest BCUT2D eigenvalue weighted by atomic mass is 35.5. The Morgan fingerprint density at radius 2 is 1.92 bits per heavy atom. The van der Waals surface area contributed by atoms with Crippen molar-refractivity contribution in [3.63, 3.8) is 0 Å². The molecule has 0 aliphatic rings. The summed E-state index contributed by atoms with van der Waals surface area (Å²) < 4.78 is 38.6. The highest BCUT2D eigenvalue weighted by Crippen LogP contribution is 2.20. The number of benzene rings is 1. The van der Waals surface area contributed by atoms with Crippen LogP contribution in [-0.2, 0) is 19.6 Å². The second-order valence-electron chi connectivity index (χ2n) is 4.85. The van der Waals surface area contributed by atoms with E-state index < -0.39 is 39.5 Å². The molecule has 1 unspecified atom stereocenters. The lowest BCUT2D eigenvalue weighted by Gasteiger charge is -2.19. The molecule has 24 heavy (non-hydrogen) atoms. The van der Waals surface area contributed by atoms with Crippen molar-refractivity contribution < 1.29 is 27.5 Å². The Balaban J connectivity index is 2.95. The van der Waals surface area contributed by atoms with Gasteiger partial charge >= 0.3 is 5.97 Å². The molecule has 0 spiro atoms. The van der Waals surface area contributed by atoms with E-state index in [4.69, 9.17) is 11.6 Å². The van der Waals surface area contributed by atoms with Crippen LogP contribution >= 0.6 is 11.6 Å². The molecule has 0 fully saturated rings. The number of carbonyl (C=O) groups is 2. The third-order valence-corrected chi connectivity index (χ3v) is 5.48. The Kier molecular flexibility index (Phi) is 7.12. The molecule has 7 nitrogen and oxygen atoms in total. The molecule has 0 saturated heterocycles. The van der Waals surface area contributed by atoms with Crippen LogP contribution in [0.15, 0.2) is 18.2 Å². The molecule has 0 radical (unpaired) electrons. The van der Waals surface area contributed by atoms with E-state index in [1.807, 2.05) is 0 Å². The van der Waals surface area contributed by atoms with Gasteiger partial charge < -0.3 is 10.4 Å². The number of hydrogen-bond acceptors (Lipinski definition) is 4. The van der Waals surface area contributed by atoms with Crippen molar-refractivity contribution in [2.75, 3.05) is 18.8 Å². The van der Waals surface area contributed by atoms with Crippen molar-refractivity contribution in [3.05, 3.63) is 34.6 Å². The number of carboxylic acid groups (broad SMARTS) is 1. The van der Waals surface area contributed by atoms with Gasteiger partial charge in [0.05, 0.1) is 5.02 Å². The predicted molar refractivity (Wildman–Crippen MR) is 86.6 cm³/mol. The van der Waals surface area contributed by atoms with E-state index in [1.165, 1.54) is 6.07 Å². The Bertz CT molecular complexity index is 722. The molecule has 0 heterocycles. The summed E-state index contributed by atoms with van der Waals surface area (Å²) >= 11 is 5.53. The van der Waals surface area contributed by atoms with Gasteiger partial charge in [-0.3, -0.25) is 4.79 Å².